The van der Waals surface area contributed by atoms with Crippen molar-refractivity contribution in [2.75, 3.05) is 19.0 Å². The summed E-state index contributed by atoms with van der Waals surface area (Å²) in [4.78, 5) is 23.1. The van der Waals surface area contributed by atoms with E-state index in [0.717, 1.165) is 5.39 Å². The highest BCUT2D eigenvalue weighted by atomic mass is 16.5. The summed E-state index contributed by atoms with van der Waals surface area (Å²) in [6.45, 7) is 2.00. The molecule has 2 heterocycles. The molecule has 0 unspecified atom stereocenters. The van der Waals surface area contributed by atoms with Crippen molar-refractivity contribution in [3.63, 3.8) is 0 Å². The number of nitrogens with one attached hydrogen (secondary N) is 1. The fourth-order valence-electron chi connectivity index (χ4n) is 2.42. The Kier molecular flexibility index (Phi) is 5.21. The van der Waals surface area contributed by atoms with Crippen LogP contribution in [0, 0.1) is 0 Å². The van der Waals surface area contributed by atoms with E-state index in [1.54, 1.807) is 32.2 Å². The Bertz CT molecular complexity index is 927. The van der Waals surface area contributed by atoms with Gasteiger partial charge in [0.15, 0.2) is 22.9 Å². The number of ether oxygens (including phenoxy) is 2. The number of amides is 1. The van der Waals surface area contributed by atoms with E-state index in [1.807, 2.05) is 12.1 Å². The van der Waals surface area contributed by atoms with Gasteiger partial charge < -0.3 is 23.7 Å². The van der Waals surface area contributed by atoms with Crippen LogP contribution in [0.4, 0.5) is 5.82 Å². The van der Waals surface area contributed by atoms with Gasteiger partial charge >= 0.3 is 5.97 Å². The lowest BCUT2D eigenvalue weighted by Crippen LogP contribution is -2.14. The molecule has 136 valence electrons. The number of rotatable bonds is 7. The minimum absolute atomic E-state index is 0.00284. The van der Waals surface area contributed by atoms with Crippen molar-refractivity contribution in [3.8, 4) is 17.3 Å². The molecule has 1 amide bonds. The minimum atomic E-state index is -0.417. The monoisotopic (exact) mass is 358 g/mol. The molecular formula is C18H18N2O6. The number of hydrogen-bond donors (Lipinski definition) is 1. The van der Waals surface area contributed by atoms with E-state index in [4.69, 9.17) is 18.4 Å². The van der Waals surface area contributed by atoms with Crippen LogP contribution in [0.5, 0.6) is 5.75 Å². The highest BCUT2D eigenvalue weighted by Crippen LogP contribution is 2.34. The number of aromatic nitrogens is 1. The van der Waals surface area contributed by atoms with Crippen LogP contribution >= 0.6 is 0 Å². The van der Waals surface area contributed by atoms with E-state index in [9.17, 15) is 9.59 Å². The van der Waals surface area contributed by atoms with Gasteiger partial charge in [-0.15, -0.1) is 0 Å². The van der Waals surface area contributed by atoms with Gasteiger partial charge in [-0.2, -0.15) is 0 Å². The molecule has 26 heavy (non-hydrogen) atoms. The van der Waals surface area contributed by atoms with Gasteiger partial charge in [0.2, 0.25) is 11.7 Å². The van der Waals surface area contributed by atoms with E-state index in [1.165, 1.54) is 0 Å². The molecular weight excluding hydrogens is 340 g/mol. The summed E-state index contributed by atoms with van der Waals surface area (Å²) in [6, 6.07) is 8.89. The van der Waals surface area contributed by atoms with Gasteiger partial charge in [0.25, 0.3) is 0 Å². The van der Waals surface area contributed by atoms with Crippen LogP contribution < -0.4 is 10.1 Å². The second-order valence-electron chi connectivity index (χ2n) is 5.42. The Morgan fingerprint density at radius 1 is 1.19 bits per heavy atom. The molecule has 3 aromatic rings. The Balaban J connectivity index is 1.68. The molecule has 1 N–H and O–H groups in total. The SMILES string of the molecule is CCOC(=O)CCC(=O)Nc1cc(-c2cc3cccc(OC)c3o2)on1. The average molecular weight is 358 g/mol. The van der Waals surface area contributed by atoms with Crippen molar-refractivity contribution in [1.29, 1.82) is 0 Å². The second kappa shape index (κ2) is 7.73. The molecule has 0 saturated carbocycles. The number of esters is 1. The van der Waals surface area contributed by atoms with Crippen LogP contribution in [-0.2, 0) is 14.3 Å². The Morgan fingerprint density at radius 3 is 2.81 bits per heavy atom. The van der Waals surface area contributed by atoms with Gasteiger partial charge in [0.05, 0.1) is 20.1 Å². The highest BCUT2D eigenvalue weighted by Gasteiger charge is 2.16. The lowest BCUT2D eigenvalue weighted by Gasteiger charge is -2.01. The smallest absolute Gasteiger partial charge is 0.306 e. The van der Waals surface area contributed by atoms with Crippen molar-refractivity contribution in [3.05, 3.63) is 30.3 Å². The number of fused-ring (bicyclic) bond motifs is 1. The van der Waals surface area contributed by atoms with Crippen molar-refractivity contribution < 1.29 is 28.0 Å². The van der Waals surface area contributed by atoms with E-state index in [0.29, 0.717) is 22.9 Å². The molecule has 0 spiro atoms. The van der Waals surface area contributed by atoms with Crippen LogP contribution in [0.1, 0.15) is 19.8 Å². The standard InChI is InChI=1S/C18H18N2O6/c1-3-24-17(22)8-7-16(21)19-15-10-14(26-20-15)13-9-11-5-4-6-12(23-2)18(11)25-13/h4-6,9-10H,3,7-8H2,1-2H3,(H,19,20,21). The van der Waals surface area contributed by atoms with Crippen molar-refractivity contribution in [1.82, 2.24) is 5.16 Å². The molecule has 0 radical (unpaired) electrons. The third kappa shape index (κ3) is 3.85. The number of benzene rings is 1. The largest absolute Gasteiger partial charge is 0.493 e. The molecule has 0 bridgehead atoms. The maximum atomic E-state index is 11.9. The molecule has 0 aliphatic carbocycles. The summed E-state index contributed by atoms with van der Waals surface area (Å²) in [7, 11) is 1.56. The summed E-state index contributed by atoms with van der Waals surface area (Å²) >= 11 is 0. The summed E-state index contributed by atoms with van der Waals surface area (Å²) < 4.78 is 21.0. The first kappa shape index (κ1) is 17.5. The van der Waals surface area contributed by atoms with E-state index in [-0.39, 0.29) is 31.2 Å². The van der Waals surface area contributed by atoms with Crippen molar-refractivity contribution in [2.24, 2.45) is 0 Å². The number of hydrogen-bond acceptors (Lipinski definition) is 7. The fourth-order valence-corrected chi connectivity index (χ4v) is 2.42. The van der Waals surface area contributed by atoms with E-state index >= 15 is 0 Å². The molecule has 0 aliphatic rings. The van der Waals surface area contributed by atoms with Crippen LogP contribution in [0.2, 0.25) is 0 Å². The van der Waals surface area contributed by atoms with Gasteiger partial charge in [-0.25, -0.2) is 0 Å². The zero-order valence-corrected chi connectivity index (χ0v) is 14.4. The van der Waals surface area contributed by atoms with Crippen molar-refractivity contribution >= 4 is 28.7 Å². The van der Waals surface area contributed by atoms with Gasteiger partial charge in [-0.05, 0) is 19.1 Å². The summed E-state index contributed by atoms with van der Waals surface area (Å²) in [5, 5.41) is 7.22. The quantitative estimate of drug-likeness (QED) is 0.646. The van der Waals surface area contributed by atoms with Crippen LogP contribution in [0.3, 0.4) is 0 Å². The Hall–Kier alpha value is -3.29. The topological polar surface area (TPSA) is 104 Å². The second-order valence-corrected chi connectivity index (χ2v) is 5.42. The molecule has 0 aliphatic heterocycles. The first-order valence-corrected chi connectivity index (χ1v) is 8.09. The first-order valence-electron chi connectivity index (χ1n) is 8.09. The number of carbonyl (C=O) groups is 2. The lowest BCUT2D eigenvalue weighted by molar-refractivity contribution is -0.144. The first-order chi connectivity index (χ1) is 12.6. The molecule has 2 aromatic heterocycles. The molecule has 8 nitrogen and oxygen atoms in total. The molecule has 1 aromatic carbocycles. The average Bonchev–Trinajstić information content (AvgIpc) is 3.26. The molecule has 8 heteroatoms. The normalized spacial score (nSPS) is 10.7. The summed E-state index contributed by atoms with van der Waals surface area (Å²) in [5.41, 5.74) is 0.599. The van der Waals surface area contributed by atoms with Crippen LogP contribution in [0.25, 0.3) is 22.5 Å². The Morgan fingerprint density at radius 2 is 2.04 bits per heavy atom. The van der Waals surface area contributed by atoms with Gasteiger partial charge in [-0.1, -0.05) is 17.3 Å². The summed E-state index contributed by atoms with van der Waals surface area (Å²) in [6.07, 6.45) is 0.0105. The molecule has 0 atom stereocenters. The Labute approximate surface area is 149 Å². The lowest BCUT2D eigenvalue weighted by atomic mass is 10.2. The third-order valence-corrected chi connectivity index (χ3v) is 3.61. The van der Waals surface area contributed by atoms with Gasteiger partial charge in [-0.3, -0.25) is 9.59 Å². The number of furan rings is 1. The zero-order valence-electron chi connectivity index (χ0n) is 14.4. The van der Waals surface area contributed by atoms with Crippen molar-refractivity contribution in [2.45, 2.75) is 19.8 Å². The fraction of sp³-hybridized carbons (Fsp3) is 0.278. The van der Waals surface area contributed by atoms with Gasteiger partial charge in [0, 0.05) is 17.9 Å². The van der Waals surface area contributed by atoms with E-state index < -0.39 is 5.97 Å². The number of nitrogens with zero attached hydrogens (tertiary/aromatic N) is 1. The molecule has 0 fully saturated rings. The minimum Gasteiger partial charge on any atom is -0.493 e. The predicted molar refractivity (Wildman–Crippen MR) is 92.8 cm³/mol. The van der Waals surface area contributed by atoms with Crippen LogP contribution in [-0.4, -0.2) is 30.7 Å². The maximum absolute atomic E-state index is 11.9. The summed E-state index contributed by atoms with van der Waals surface area (Å²) in [5.74, 6) is 0.902. The predicted octanol–water partition coefficient (Wildman–Crippen LogP) is 3.38. The number of methoxy groups -OCH3 is 1. The highest BCUT2D eigenvalue weighted by molar-refractivity contribution is 5.92. The number of anilines is 1. The van der Waals surface area contributed by atoms with Gasteiger partial charge in [0.1, 0.15) is 0 Å². The zero-order chi connectivity index (χ0) is 18.5. The molecule has 0 saturated heterocycles. The van der Waals surface area contributed by atoms with E-state index in [2.05, 4.69) is 10.5 Å². The number of para-hydroxylation sites is 1. The maximum Gasteiger partial charge on any atom is 0.306 e. The third-order valence-electron chi connectivity index (χ3n) is 3.61. The molecule has 3 rings (SSSR count). The number of carbonyl (C=O) groups excluding carboxylic acids is 2. The van der Waals surface area contributed by atoms with Crippen LogP contribution in [0.15, 0.2) is 39.3 Å².